The van der Waals surface area contributed by atoms with Gasteiger partial charge in [-0.2, -0.15) is 0 Å². The molecule has 1 saturated heterocycles. The Morgan fingerprint density at radius 2 is 1.90 bits per heavy atom. The van der Waals surface area contributed by atoms with Gasteiger partial charge in [0.1, 0.15) is 5.78 Å². The van der Waals surface area contributed by atoms with E-state index in [1.165, 1.54) is 24.8 Å². The summed E-state index contributed by atoms with van der Waals surface area (Å²) in [5.41, 5.74) is 1.38. The fourth-order valence-corrected chi connectivity index (χ4v) is 4.07. The minimum Gasteiger partial charge on any atom is -0.299 e. The van der Waals surface area contributed by atoms with E-state index in [2.05, 4.69) is 42.2 Å². The zero-order valence-corrected chi connectivity index (χ0v) is 12.4. The van der Waals surface area contributed by atoms with Crippen molar-refractivity contribution in [2.45, 2.75) is 57.5 Å². The second-order valence-electron chi connectivity index (χ2n) is 6.35. The monoisotopic (exact) mass is 271 g/mol. The van der Waals surface area contributed by atoms with Crippen molar-refractivity contribution in [2.24, 2.45) is 5.92 Å². The standard InChI is InChI=1S/C18H25NO/c1-14(15-8-3-2-4-9-15)19-13-7-11-17(19)16-10-5-6-12-18(16)20/h2-4,8-9,14,16-17H,5-7,10-13H2,1H3. The number of carbonyl (C=O) groups is 1. The third-order valence-electron chi connectivity index (χ3n) is 5.19. The molecule has 1 saturated carbocycles. The van der Waals surface area contributed by atoms with E-state index in [9.17, 15) is 4.79 Å². The Bertz CT molecular complexity index is 456. The molecule has 0 N–H and O–H groups in total. The molecule has 108 valence electrons. The topological polar surface area (TPSA) is 20.3 Å². The van der Waals surface area contributed by atoms with E-state index in [1.54, 1.807) is 0 Å². The van der Waals surface area contributed by atoms with Crippen molar-refractivity contribution in [1.29, 1.82) is 0 Å². The van der Waals surface area contributed by atoms with Crippen LogP contribution in [-0.4, -0.2) is 23.3 Å². The Labute approximate surface area is 122 Å². The quantitative estimate of drug-likeness (QED) is 0.829. The Hall–Kier alpha value is -1.15. The number of benzene rings is 1. The van der Waals surface area contributed by atoms with Gasteiger partial charge in [-0.25, -0.2) is 0 Å². The molecule has 3 atom stereocenters. The van der Waals surface area contributed by atoms with Crippen LogP contribution >= 0.6 is 0 Å². The summed E-state index contributed by atoms with van der Waals surface area (Å²) in [6.45, 7) is 3.44. The minimum absolute atomic E-state index is 0.303. The van der Waals surface area contributed by atoms with Gasteiger partial charge in [0, 0.05) is 24.4 Å². The maximum atomic E-state index is 12.3. The normalized spacial score (nSPS) is 29.6. The Morgan fingerprint density at radius 3 is 2.65 bits per heavy atom. The molecule has 20 heavy (non-hydrogen) atoms. The van der Waals surface area contributed by atoms with E-state index in [1.807, 2.05) is 0 Å². The summed E-state index contributed by atoms with van der Waals surface area (Å²) >= 11 is 0. The molecule has 0 radical (unpaired) electrons. The second kappa shape index (κ2) is 6.09. The second-order valence-corrected chi connectivity index (χ2v) is 6.35. The molecule has 0 spiro atoms. The molecule has 1 aliphatic heterocycles. The van der Waals surface area contributed by atoms with Crippen molar-refractivity contribution in [3.05, 3.63) is 35.9 Å². The van der Waals surface area contributed by atoms with Crippen LogP contribution in [0.15, 0.2) is 30.3 Å². The van der Waals surface area contributed by atoms with Crippen LogP contribution in [0.1, 0.15) is 57.1 Å². The Kier molecular flexibility index (Phi) is 4.21. The summed E-state index contributed by atoms with van der Waals surface area (Å²) in [5.74, 6) is 0.825. The molecule has 2 fully saturated rings. The first-order valence-corrected chi connectivity index (χ1v) is 8.11. The number of nitrogens with zero attached hydrogens (tertiary/aromatic N) is 1. The van der Waals surface area contributed by atoms with Crippen LogP contribution < -0.4 is 0 Å². The molecule has 1 aromatic carbocycles. The molecule has 2 nitrogen and oxygen atoms in total. The summed E-state index contributed by atoms with van der Waals surface area (Å²) in [7, 11) is 0. The van der Waals surface area contributed by atoms with Gasteiger partial charge in [0.25, 0.3) is 0 Å². The van der Waals surface area contributed by atoms with Gasteiger partial charge in [0.05, 0.1) is 0 Å². The average Bonchev–Trinajstić information content (AvgIpc) is 2.97. The minimum atomic E-state index is 0.303. The number of carbonyl (C=O) groups excluding carboxylic acids is 1. The van der Waals surface area contributed by atoms with Crippen LogP contribution in [0.4, 0.5) is 0 Å². The van der Waals surface area contributed by atoms with Crippen LogP contribution in [0.5, 0.6) is 0 Å². The molecular weight excluding hydrogens is 246 g/mol. The lowest BCUT2D eigenvalue weighted by atomic mass is 9.81. The van der Waals surface area contributed by atoms with E-state index >= 15 is 0 Å². The highest BCUT2D eigenvalue weighted by Crippen LogP contribution is 2.37. The van der Waals surface area contributed by atoms with Crippen LogP contribution in [0.2, 0.25) is 0 Å². The van der Waals surface area contributed by atoms with E-state index in [-0.39, 0.29) is 0 Å². The first-order chi connectivity index (χ1) is 9.77. The van der Waals surface area contributed by atoms with E-state index in [0.29, 0.717) is 23.8 Å². The number of likely N-dealkylation sites (tertiary alicyclic amines) is 1. The fourth-order valence-electron chi connectivity index (χ4n) is 4.07. The smallest absolute Gasteiger partial charge is 0.137 e. The molecule has 0 bridgehead atoms. The van der Waals surface area contributed by atoms with Gasteiger partial charge in [-0.15, -0.1) is 0 Å². The molecule has 2 heteroatoms. The zero-order valence-electron chi connectivity index (χ0n) is 12.4. The summed E-state index contributed by atoms with van der Waals surface area (Å²) < 4.78 is 0. The molecule has 1 heterocycles. The third-order valence-corrected chi connectivity index (χ3v) is 5.19. The van der Waals surface area contributed by atoms with Gasteiger partial charge in [0.2, 0.25) is 0 Å². The maximum Gasteiger partial charge on any atom is 0.137 e. The van der Waals surface area contributed by atoms with Crippen LogP contribution in [-0.2, 0) is 4.79 Å². The first-order valence-electron chi connectivity index (χ1n) is 8.11. The van der Waals surface area contributed by atoms with Gasteiger partial charge < -0.3 is 0 Å². The molecule has 0 aromatic heterocycles. The molecule has 1 aliphatic carbocycles. The highest BCUT2D eigenvalue weighted by molar-refractivity contribution is 5.82. The van der Waals surface area contributed by atoms with E-state index in [0.717, 1.165) is 25.8 Å². The van der Waals surface area contributed by atoms with Crippen molar-refractivity contribution in [3.8, 4) is 0 Å². The lowest BCUT2D eigenvalue weighted by molar-refractivity contribution is -0.127. The van der Waals surface area contributed by atoms with Crippen LogP contribution in [0.25, 0.3) is 0 Å². The largest absolute Gasteiger partial charge is 0.299 e. The van der Waals surface area contributed by atoms with Crippen molar-refractivity contribution in [1.82, 2.24) is 4.90 Å². The van der Waals surface area contributed by atoms with Crippen molar-refractivity contribution >= 4 is 5.78 Å². The summed E-state index contributed by atoms with van der Waals surface area (Å²) in [6, 6.07) is 11.6. The number of hydrogen-bond acceptors (Lipinski definition) is 2. The summed E-state index contributed by atoms with van der Waals surface area (Å²) in [5, 5.41) is 0. The number of rotatable bonds is 3. The highest BCUT2D eigenvalue weighted by atomic mass is 16.1. The maximum absolute atomic E-state index is 12.3. The van der Waals surface area contributed by atoms with Crippen molar-refractivity contribution in [3.63, 3.8) is 0 Å². The molecular formula is C18H25NO. The molecule has 1 aromatic rings. The lowest BCUT2D eigenvalue weighted by Gasteiger charge is -2.36. The van der Waals surface area contributed by atoms with Crippen molar-refractivity contribution < 1.29 is 4.79 Å². The van der Waals surface area contributed by atoms with Gasteiger partial charge in [-0.3, -0.25) is 9.69 Å². The van der Waals surface area contributed by atoms with Crippen LogP contribution in [0, 0.1) is 5.92 Å². The SMILES string of the molecule is CC(c1ccccc1)N1CCCC1C1CCCCC1=O. The molecule has 2 aliphatic rings. The Balaban J connectivity index is 1.76. The van der Waals surface area contributed by atoms with Crippen molar-refractivity contribution in [2.75, 3.05) is 6.54 Å². The Morgan fingerprint density at radius 1 is 1.10 bits per heavy atom. The fraction of sp³-hybridized carbons (Fsp3) is 0.611. The molecule has 3 unspecified atom stereocenters. The summed E-state index contributed by atoms with van der Waals surface area (Å²) in [4.78, 5) is 14.8. The first kappa shape index (κ1) is 13.8. The third kappa shape index (κ3) is 2.67. The van der Waals surface area contributed by atoms with Gasteiger partial charge in [-0.1, -0.05) is 36.8 Å². The molecule has 3 rings (SSSR count). The zero-order chi connectivity index (χ0) is 13.9. The summed E-state index contributed by atoms with van der Waals surface area (Å²) in [6.07, 6.45) is 6.71. The average molecular weight is 271 g/mol. The number of Topliss-reactive ketones (excluding diaryl/α,β-unsaturated/α-hetero) is 1. The predicted octanol–water partition coefficient (Wildman–Crippen LogP) is 3.97. The lowest BCUT2D eigenvalue weighted by Crippen LogP contribution is -2.41. The van der Waals surface area contributed by atoms with E-state index < -0.39 is 0 Å². The van der Waals surface area contributed by atoms with Crippen LogP contribution in [0.3, 0.4) is 0 Å². The van der Waals surface area contributed by atoms with Gasteiger partial charge in [0.15, 0.2) is 0 Å². The number of hydrogen-bond donors (Lipinski definition) is 0. The van der Waals surface area contributed by atoms with Gasteiger partial charge >= 0.3 is 0 Å². The van der Waals surface area contributed by atoms with Gasteiger partial charge in [-0.05, 0) is 44.7 Å². The number of ketones is 1. The van der Waals surface area contributed by atoms with E-state index in [4.69, 9.17) is 0 Å². The highest BCUT2D eigenvalue weighted by Gasteiger charge is 2.38. The predicted molar refractivity (Wildman–Crippen MR) is 81.6 cm³/mol. The molecule has 0 amide bonds.